The van der Waals surface area contributed by atoms with Crippen LogP contribution in [0.15, 0.2) is 0 Å². The van der Waals surface area contributed by atoms with Gasteiger partial charge in [-0.05, 0) is 20.7 Å². The summed E-state index contributed by atoms with van der Waals surface area (Å²) in [5.74, 6) is 0. The van der Waals surface area contributed by atoms with E-state index >= 15 is 0 Å². The van der Waals surface area contributed by atoms with E-state index in [4.69, 9.17) is 10.8 Å². The lowest BCUT2D eigenvalue weighted by molar-refractivity contribution is -0.123. The summed E-state index contributed by atoms with van der Waals surface area (Å²) in [5.41, 5.74) is 0. The van der Waals surface area contributed by atoms with E-state index in [9.17, 15) is 0 Å². The van der Waals surface area contributed by atoms with Crippen molar-refractivity contribution in [2.75, 3.05) is 13.2 Å². The number of hydrogen-bond acceptors (Lipinski definition) is 2. The van der Waals surface area contributed by atoms with Crippen molar-refractivity contribution in [3.05, 3.63) is 0 Å². The third-order valence-corrected chi connectivity index (χ3v) is 0.705. The quantitative estimate of drug-likeness (QED) is 0.521. The highest BCUT2D eigenvalue weighted by Gasteiger charge is 1.94. The molecule has 8 heavy (non-hydrogen) atoms. The van der Waals surface area contributed by atoms with E-state index < -0.39 is 0 Å². The molecule has 0 radical (unpaired) electrons. The lowest BCUT2D eigenvalue weighted by Crippen LogP contribution is -2.11. The van der Waals surface area contributed by atoms with Gasteiger partial charge < -0.3 is 9.47 Å². The molecule has 0 N–H and O–H groups in total. The summed E-state index contributed by atoms with van der Waals surface area (Å²) in [5, 5.41) is 0. The van der Waals surface area contributed by atoms with Crippen molar-refractivity contribution in [3.63, 3.8) is 0 Å². The van der Waals surface area contributed by atoms with E-state index in [2.05, 4.69) is 0 Å². The molecule has 0 saturated heterocycles. The van der Waals surface area contributed by atoms with Crippen LogP contribution in [-0.2, 0) is 9.47 Å². The van der Waals surface area contributed by atoms with Crippen molar-refractivity contribution in [1.29, 1.82) is 0 Å². The molecule has 0 fully saturated rings. The average Bonchev–Trinajstić information content (AvgIpc) is 1.88. The van der Waals surface area contributed by atoms with E-state index in [0.29, 0.717) is 13.2 Å². The minimum atomic E-state index is -0.319. The third-order valence-electron chi connectivity index (χ3n) is 0.705. The van der Waals surface area contributed by atoms with Gasteiger partial charge in [0, 0.05) is 14.6 Å². The molecular weight excluding hydrogens is 104 g/mol. The molecule has 0 aromatic carbocycles. The second kappa shape index (κ2) is 5.06. The monoisotopic (exact) mass is 119 g/mol. The summed E-state index contributed by atoms with van der Waals surface area (Å²) in [4.78, 5) is 0. The Morgan fingerprint density at radius 2 is 1.88 bits per heavy atom. The second-order valence-electron chi connectivity index (χ2n) is 1.34. The molecule has 0 rings (SSSR count). The van der Waals surface area contributed by atoms with Crippen LogP contribution in [0.3, 0.4) is 0 Å². The van der Waals surface area contributed by atoms with Crippen LogP contribution in [0.4, 0.5) is 0 Å². The van der Waals surface area contributed by atoms with Crippen LogP contribution < -0.4 is 0 Å². The zero-order valence-electron chi connectivity index (χ0n) is 6.52. The molecule has 0 amide bonds. The molecule has 0 aromatic rings. The largest absolute Gasteiger partial charge is 0.353 e. The molecule has 2 heteroatoms. The summed E-state index contributed by atoms with van der Waals surface area (Å²) in [6.45, 7) is 5.19. The minimum Gasteiger partial charge on any atom is -0.353 e. The Kier molecular flexibility index (Phi) is 3.83. The molecule has 0 unspecified atom stereocenters. The normalized spacial score (nSPS) is 12.1. The van der Waals surface area contributed by atoms with Gasteiger partial charge in [-0.25, -0.2) is 0 Å². The SMILES string of the molecule is [2H]CC(OCC)OCC. The van der Waals surface area contributed by atoms with Gasteiger partial charge in [0.25, 0.3) is 0 Å². The van der Waals surface area contributed by atoms with Crippen LogP contribution in [0.2, 0.25) is 0 Å². The van der Waals surface area contributed by atoms with Gasteiger partial charge in [-0.3, -0.25) is 0 Å². The van der Waals surface area contributed by atoms with Crippen LogP contribution in [0.1, 0.15) is 22.1 Å². The first-order valence-corrected chi connectivity index (χ1v) is 2.87. The fraction of sp³-hybridized carbons (Fsp3) is 1.00. The third kappa shape index (κ3) is 4.09. The molecule has 0 aromatic heterocycles. The molecule has 50 valence electrons. The molecule has 2 nitrogen and oxygen atoms in total. The Morgan fingerprint density at radius 1 is 1.38 bits per heavy atom. The fourth-order valence-corrected chi connectivity index (χ4v) is 0.420. The van der Waals surface area contributed by atoms with Crippen LogP contribution in [-0.4, -0.2) is 19.5 Å². The van der Waals surface area contributed by atoms with Crippen LogP contribution in [0.5, 0.6) is 0 Å². The maximum Gasteiger partial charge on any atom is 0.154 e. The first-order chi connectivity index (χ1) is 4.35. The van der Waals surface area contributed by atoms with Crippen LogP contribution in [0.25, 0.3) is 0 Å². The van der Waals surface area contributed by atoms with Crippen molar-refractivity contribution in [3.8, 4) is 0 Å². The van der Waals surface area contributed by atoms with Gasteiger partial charge in [-0.15, -0.1) is 0 Å². The molecule has 0 heterocycles. The van der Waals surface area contributed by atoms with E-state index in [1.54, 1.807) is 0 Å². The molecule has 0 aliphatic carbocycles. The molecule has 0 spiro atoms. The van der Waals surface area contributed by atoms with Crippen molar-refractivity contribution < 1.29 is 10.8 Å². The van der Waals surface area contributed by atoms with Crippen molar-refractivity contribution >= 4 is 0 Å². The summed E-state index contributed by atoms with van der Waals surface area (Å²) < 4.78 is 17.0. The van der Waals surface area contributed by atoms with Crippen LogP contribution in [0, 0.1) is 0 Å². The molecule has 0 saturated carbocycles. The van der Waals surface area contributed by atoms with Crippen molar-refractivity contribution in [2.24, 2.45) is 0 Å². The molecule has 0 atom stereocenters. The fourth-order valence-electron chi connectivity index (χ4n) is 0.420. The van der Waals surface area contributed by atoms with E-state index in [0.717, 1.165) is 0 Å². The Labute approximate surface area is 52.2 Å². The van der Waals surface area contributed by atoms with Gasteiger partial charge in [0.05, 0.1) is 0 Å². The topological polar surface area (TPSA) is 18.5 Å². The molecule has 0 bridgehead atoms. The predicted molar refractivity (Wildman–Crippen MR) is 32.7 cm³/mol. The highest BCUT2D eigenvalue weighted by molar-refractivity contribution is 4.26. The summed E-state index contributed by atoms with van der Waals surface area (Å²) in [6, 6.07) is 0. The highest BCUT2D eigenvalue weighted by Crippen LogP contribution is 1.90. The number of hydrogen-bond donors (Lipinski definition) is 0. The standard InChI is InChI=1S/C6H14O2/c1-4-7-6(3)8-5-2/h6H,4-5H2,1-3H3/i3D. The number of ether oxygens (including phenoxy) is 2. The zero-order chi connectivity index (χ0) is 7.11. The first-order valence-electron chi connectivity index (χ1n) is 3.58. The Balaban J connectivity index is 3.18. The predicted octanol–water partition coefficient (Wildman–Crippen LogP) is 1.41. The Hall–Kier alpha value is -0.0800. The lowest BCUT2D eigenvalue weighted by atomic mass is 10.7. The average molecular weight is 119 g/mol. The summed E-state index contributed by atoms with van der Waals surface area (Å²) in [6.07, 6.45) is -0.319. The lowest BCUT2D eigenvalue weighted by Gasteiger charge is -2.09. The van der Waals surface area contributed by atoms with Gasteiger partial charge in [0.1, 0.15) is 0 Å². The van der Waals surface area contributed by atoms with Crippen molar-refractivity contribution in [1.82, 2.24) is 0 Å². The second-order valence-corrected chi connectivity index (χ2v) is 1.34. The van der Waals surface area contributed by atoms with Gasteiger partial charge in [0.15, 0.2) is 6.29 Å². The minimum absolute atomic E-state index is 0.182. The van der Waals surface area contributed by atoms with E-state index in [1.807, 2.05) is 13.8 Å². The zero-order valence-corrected chi connectivity index (χ0v) is 5.52. The van der Waals surface area contributed by atoms with Gasteiger partial charge in [-0.2, -0.15) is 0 Å². The number of rotatable bonds is 4. The van der Waals surface area contributed by atoms with Crippen molar-refractivity contribution in [2.45, 2.75) is 27.0 Å². The van der Waals surface area contributed by atoms with Gasteiger partial charge in [0.2, 0.25) is 0 Å². The maximum absolute atomic E-state index is 6.92. The maximum atomic E-state index is 6.92. The summed E-state index contributed by atoms with van der Waals surface area (Å²) in [7, 11) is 0. The highest BCUT2D eigenvalue weighted by atomic mass is 16.7. The molecule has 0 aliphatic heterocycles. The summed E-state index contributed by atoms with van der Waals surface area (Å²) >= 11 is 0. The Bertz CT molecular complexity index is 53.0. The van der Waals surface area contributed by atoms with Gasteiger partial charge in [-0.1, -0.05) is 0 Å². The molecule has 0 aliphatic rings. The van der Waals surface area contributed by atoms with Gasteiger partial charge >= 0.3 is 0 Å². The van der Waals surface area contributed by atoms with E-state index in [-0.39, 0.29) is 13.2 Å². The first kappa shape index (κ1) is 6.05. The van der Waals surface area contributed by atoms with E-state index in [1.165, 1.54) is 0 Å². The van der Waals surface area contributed by atoms with Crippen LogP contribution >= 0.6 is 0 Å². The Morgan fingerprint density at radius 3 is 2.12 bits per heavy atom. The molecular formula is C6H14O2. The smallest absolute Gasteiger partial charge is 0.154 e.